The topological polar surface area (TPSA) is 35.6 Å². The minimum atomic E-state index is 0.00382. The molecule has 4 nitrogen and oxygen atoms in total. The van der Waals surface area contributed by atoms with Gasteiger partial charge in [-0.15, -0.1) is 0 Å². The third kappa shape index (κ3) is 5.71. The number of nitrogens with one attached hydrogen (secondary N) is 1. The van der Waals surface area contributed by atoms with Gasteiger partial charge in [0.2, 0.25) is 0 Å². The highest BCUT2D eigenvalue weighted by Crippen LogP contribution is 2.19. The molecular weight excluding hydrogens is 370 g/mol. The second kappa shape index (κ2) is 10.2. The highest BCUT2D eigenvalue weighted by atomic mass is 16.1. The first-order valence-electron chi connectivity index (χ1n) is 11.6. The summed E-state index contributed by atoms with van der Waals surface area (Å²) in [6.07, 6.45) is 5.23. The summed E-state index contributed by atoms with van der Waals surface area (Å²) in [5.74, 6) is 0.793. The zero-order chi connectivity index (χ0) is 20.8. The van der Waals surface area contributed by atoms with E-state index in [2.05, 4.69) is 58.4 Å². The minimum absolute atomic E-state index is 0.00382. The van der Waals surface area contributed by atoms with E-state index in [1.807, 2.05) is 12.1 Å². The molecule has 1 amide bonds. The molecule has 0 bridgehead atoms. The number of carbonyl (C=O) groups excluding carboxylic acids is 1. The maximum absolute atomic E-state index is 12.7. The van der Waals surface area contributed by atoms with Crippen LogP contribution in [-0.2, 0) is 19.6 Å². The zero-order valence-electron chi connectivity index (χ0n) is 18.3. The van der Waals surface area contributed by atoms with Crippen molar-refractivity contribution in [2.75, 3.05) is 26.2 Å². The van der Waals surface area contributed by atoms with Gasteiger partial charge >= 0.3 is 0 Å². The molecule has 1 N–H and O–H groups in total. The fourth-order valence-electron chi connectivity index (χ4n) is 4.79. The molecular formula is C26H35N3O. The highest BCUT2D eigenvalue weighted by Gasteiger charge is 2.17. The van der Waals surface area contributed by atoms with Gasteiger partial charge in [0, 0.05) is 31.7 Å². The Morgan fingerprint density at radius 1 is 0.900 bits per heavy atom. The summed E-state index contributed by atoms with van der Waals surface area (Å²) in [4.78, 5) is 17.7. The number of likely N-dealkylation sites (tertiary alicyclic amines) is 2. The van der Waals surface area contributed by atoms with Crippen LogP contribution in [0.1, 0.15) is 59.7 Å². The molecule has 160 valence electrons. The van der Waals surface area contributed by atoms with E-state index < -0.39 is 0 Å². The monoisotopic (exact) mass is 405 g/mol. The predicted octanol–water partition coefficient (Wildman–Crippen LogP) is 4.44. The van der Waals surface area contributed by atoms with Crippen molar-refractivity contribution in [3.8, 4) is 0 Å². The molecule has 2 saturated heterocycles. The molecule has 0 spiro atoms. The van der Waals surface area contributed by atoms with E-state index in [0.29, 0.717) is 6.54 Å². The van der Waals surface area contributed by atoms with Crippen molar-refractivity contribution in [3.63, 3.8) is 0 Å². The van der Waals surface area contributed by atoms with Gasteiger partial charge in [0.05, 0.1) is 0 Å². The van der Waals surface area contributed by atoms with Crippen LogP contribution in [-0.4, -0.2) is 41.9 Å². The van der Waals surface area contributed by atoms with Crippen LogP contribution in [0.4, 0.5) is 0 Å². The Morgan fingerprint density at radius 3 is 2.33 bits per heavy atom. The fraction of sp³-hybridized carbons (Fsp3) is 0.500. The molecule has 4 heteroatoms. The van der Waals surface area contributed by atoms with E-state index in [0.717, 1.165) is 24.6 Å². The third-order valence-electron chi connectivity index (χ3n) is 6.51. The Balaban J connectivity index is 1.31. The summed E-state index contributed by atoms with van der Waals surface area (Å²) in [7, 11) is 0. The van der Waals surface area contributed by atoms with Gasteiger partial charge in [0.25, 0.3) is 5.91 Å². The summed E-state index contributed by atoms with van der Waals surface area (Å²) < 4.78 is 0. The van der Waals surface area contributed by atoms with Gasteiger partial charge in [0.1, 0.15) is 0 Å². The number of carbonyl (C=O) groups is 1. The number of hydrogen-bond acceptors (Lipinski definition) is 3. The van der Waals surface area contributed by atoms with E-state index in [1.165, 1.54) is 68.6 Å². The molecule has 2 aliphatic heterocycles. The van der Waals surface area contributed by atoms with Gasteiger partial charge in [-0.25, -0.2) is 0 Å². The minimum Gasteiger partial charge on any atom is -0.348 e. The summed E-state index contributed by atoms with van der Waals surface area (Å²) in [5.41, 5.74) is 4.57. The smallest absolute Gasteiger partial charge is 0.251 e. The lowest BCUT2D eigenvalue weighted by molar-refractivity contribution is 0.0950. The number of amides is 1. The van der Waals surface area contributed by atoms with Crippen LogP contribution in [0, 0.1) is 5.92 Å². The lowest BCUT2D eigenvalue weighted by Crippen LogP contribution is -2.33. The number of rotatable bonds is 7. The Labute approximate surface area is 181 Å². The van der Waals surface area contributed by atoms with Crippen LogP contribution in [0.5, 0.6) is 0 Å². The van der Waals surface area contributed by atoms with Gasteiger partial charge in [-0.1, -0.05) is 43.3 Å². The van der Waals surface area contributed by atoms with Crippen molar-refractivity contribution in [1.82, 2.24) is 15.1 Å². The first kappa shape index (κ1) is 21.1. The lowest BCUT2D eigenvalue weighted by Gasteiger charge is -2.30. The summed E-state index contributed by atoms with van der Waals surface area (Å²) in [6.45, 7) is 9.61. The Morgan fingerprint density at radius 2 is 1.60 bits per heavy atom. The van der Waals surface area contributed by atoms with E-state index in [1.54, 1.807) is 0 Å². The molecule has 1 unspecified atom stereocenters. The molecule has 0 saturated carbocycles. The Hall–Kier alpha value is -2.17. The summed E-state index contributed by atoms with van der Waals surface area (Å²) in [5, 5.41) is 3.12. The molecule has 4 rings (SSSR count). The average molecular weight is 406 g/mol. The molecule has 2 aromatic rings. The van der Waals surface area contributed by atoms with Gasteiger partial charge in [0.15, 0.2) is 0 Å². The zero-order valence-corrected chi connectivity index (χ0v) is 18.3. The van der Waals surface area contributed by atoms with Crippen LogP contribution in [0.2, 0.25) is 0 Å². The van der Waals surface area contributed by atoms with Gasteiger partial charge in [-0.2, -0.15) is 0 Å². The van der Waals surface area contributed by atoms with Crippen molar-refractivity contribution in [3.05, 3.63) is 70.8 Å². The SMILES string of the molecule is CC1CCCN(Cc2ccc(C(=O)NCc3ccccc3CN3CCCC3)cc2)C1. The van der Waals surface area contributed by atoms with Gasteiger partial charge < -0.3 is 5.32 Å². The largest absolute Gasteiger partial charge is 0.348 e. The second-order valence-corrected chi connectivity index (χ2v) is 9.11. The van der Waals surface area contributed by atoms with Crippen molar-refractivity contribution >= 4 is 5.91 Å². The van der Waals surface area contributed by atoms with Crippen LogP contribution in [0.3, 0.4) is 0 Å². The lowest BCUT2D eigenvalue weighted by atomic mass is 9.99. The highest BCUT2D eigenvalue weighted by molar-refractivity contribution is 5.94. The van der Waals surface area contributed by atoms with Crippen molar-refractivity contribution < 1.29 is 4.79 Å². The van der Waals surface area contributed by atoms with Crippen LogP contribution >= 0.6 is 0 Å². The predicted molar refractivity (Wildman–Crippen MR) is 122 cm³/mol. The fourth-order valence-corrected chi connectivity index (χ4v) is 4.79. The molecule has 0 aromatic heterocycles. The Bertz CT molecular complexity index is 826. The van der Waals surface area contributed by atoms with E-state index in [4.69, 9.17) is 0 Å². The standard InChI is InChI=1S/C26H35N3O/c1-21-7-6-16-29(18-21)19-22-10-12-23(13-11-22)26(30)27-17-24-8-2-3-9-25(24)20-28-14-4-5-15-28/h2-3,8-13,21H,4-7,14-20H2,1H3,(H,27,30). The molecule has 2 aliphatic rings. The summed E-state index contributed by atoms with van der Waals surface area (Å²) >= 11 is 0. The second-order valence-electron chi connectivity index (χ2n) is 9.11. The third-order valence-corrected chi connectivity index (χ3v) is 6.51. The maximum Gasteiger partial charge on any atom is 0.251 e. The molecule has 30 heavy (non-hydrogen) atoms. The molecule has 2 heterocycles. The maximum atomic E-state index is 12.7. The van der Waals surface area contributed by atoms with Crippen molar-refractivity contribution in [2.45, 2.75) is 52.2 Å². The van der Waals surface area contributed by atoms with Crippen LogP contribution < -0.4 is 5.32 Å². The molecule has 1 atom stereocenters. The number of piperidine rings is 1. The number of benzene rings is 2. The Kier molecular flexibility index (Phi) is 7.19. The molecule has 2 fully saturated rings. The first-order valence-corrected chi connectivity index (χ1v) is 11.6. The molecule has 0 radical (unpaired) electrons. The first-order chi connectivity index (χ1) is 14.7. The normalized spacial score (nSPS) is 20.4. The van der Waals surface area contributed by atoms with E-state index in [-0.39, 0.29) is 5.91 Å². The number of nitrogens with zero attached hydrogens (tertiary/aromatic N) is 2. The van der Waals surface area contributed by atoms with E-state index >= 15 is 0 Å². The molecule has 0 aliphatic carbocycles. The average Bonchev–Trinajstić information content (AvgIpc) is 3.27. The number of hydrogen-bond donors (Lipinski definition) is 1. The van der Waals surface area contributed by atoms with Gasteiger partial charge in [-0.3, -0.25) is 14.6 Å². The molecule has 2 aromatic carbocycles. The quantitative estimate of drug-likeness (QED) is 0.739. The van der Waals surface area contributed by atoms with E-state index in [9.17, 15) is 4.79 Å². The van der Waals surface area contributed by atoms with Crippen LogP contribution in [0.25, 0.3) is 0 Å². The van der Waals surface area contributed by atoms with Crippen molar-refractivity contribution in [1.29, 1.82) is 0 Å². The van der Waals surface area contributed by atoms with Crippen LogP contribution in [0.15, 0.2) is 48.5 Å². The van der Waals surface area contributed by atoms with Crippen molar-refractivity contribution in [2.24, 2.45) is 5.92 Å². The van der Waals surface area contributed by atoms with Gasteiger partial charge in [-0.05, 0) is 80.1 Å². The summed E-state index contributed by atoms with van der Waals surface area (Å²) in [6, 6.07) is 16.6.